The predicted molar refractivity (Wildman–Crippen MR) is 77.3 cm³/mol. The van der Waals surface area contributed by atoms with Crippen LogP contribution in [-0.4, -0.2) is 53.8 Å². The SMILES string of the molecule is CC(C)CCOC(=O)C[C@H]1C(=O)NCCN1C(=O)CBr. The van der Waals surface area contributed by atoms with Crippen molar-refractivity contribution in [3.8, 4) is 0 Å². The number of hydrogen-bond acceptors (Lipinski definition) is 4. The van der Waals surface area contributed by atoms with Crippen molar-refractivity contribution in [3.05, 3.63) is 0 Å². The second-order valence-electron chi connectivity index (χ2n) is 5.13. The van der Waals surface area contributed by atoms with Crippen molar-refractivity contribution in [2.75, 3.05) is 25.0 Å². The number of carbonyl (C=O) groups is 3. The zero-order valence-electron chi connectivity index (χ0n) is 11.9. The molecule has 0 aromatic rings. The van der Waals surface area contributed by atoms with E-state index in [4.69, 9.17) is 4.74 Å². The van der Waals surface area contributed by atoms with Crippen LogP contribution in [0.5, 0.6) is 0 Å². The number of ether oxygens (including phenoxy) is 1. The van der Waals surface area contributed by atoms with E-state index in [-0.39, 0.29) is 23.6 Å². The molecule has 114 valence electrons. The van der Waals surface area contributed by atoms with Crippen LogP contribution in [0, 0.1) is 5.92 Å². The molecule has 0 bridgehead atoms. The Balaban J connectivity index is 2.54. The summed E-state index contributed by atoms with van der Waals surface area (Å²) in [5.74, 6) is -0.487. The van der Waals surface area contributed by atoms with Gasteiger partial charge >= 0.3 is 5.97 Å². The van der Waals surface area contributed by atoms with Crippen LogP contribution in [0.15, 0.2) is 0 Å². The van der Waals surface area contributed by atoms with Crippen LogP contribution in [0.2, 0.25) is 0 Å². The fraction of sp³-hybridized carbons (Fsp3) is 0.769. The highest BCUT2D eigenvalue weighted by atomic mass is 79.9. The molecule has 0 aromatic heterocycles. The van der Waals surface area contributed by atoms with Crippen molar-refractivity contribution in [2.45, 2.75) is 32.7 Å². The smallest absolute Gasteiger partial charge is 0.308 e. The van der Waals surface area contributed by atoms with Crippen LogP contribution >= 0.6 is 15.9 Å². The molecule has 0 radical (unpaired) electrons. The van der Waals surface area contributed by atoms with Crippen molar-refractivity contribution >= 4 is 33.7 Å². The summed E-state index contributed by atoms with van der Waals surface area (Å²) < 4.78 is 5.10. The molecule has 0 aromatic carbocycles. The van der Waals surface area contributed by atoms with Gasteiger partial charge in [0.2, 0.25) is 11.8 Å². The molecule has 1 rings (SSSR count). The van der Waals surface area contributed by atoms with E-state index in [1.165, 1.54) is 4.90 Å². The second kappa shape index (κ2) is 8.24. The van der Waals surface area contributed by atoms with Gasteiger partial charge in [0, 0.05) is 13.1 Å². The lowest BCUT2D eigenvalue weighted by molar-refractivity contribution is -0.151. The molecule has 0 saturated carbocycles. The number of piperazine rings is 1. The number of hydrogen-bond donors (Lipinski definition) is 1. The predicted octanol–water partition coefficient (Wildman–Crippen LogP) is 0.688. The van der Waals surface area contributed by atoms with E-state index in [1.54, 1.807) is 0 Å². The van der Waals surface area contributed by atoms with Crippen molar-refractivity contribution in [2.24, 2.45) is 5.92 Å². The number of amides is 2. The highest BCUT2D eigenvalue weighted by Crippen LogP contribution is 2.11. The van der Waals surface area contributed by atoms with Gasteiger partial charge in [-0.15, -0.1) is 0 Å². The van der Waals surface area contributed by atoms with Crippen molar-refractivity contribution in [1.29, 1.82) is 0 Å². The molecule has 0 unspecified atom stereocenters. The van der Waals surface area contributed by atoms with Gasteiger partial charge in [-0.25, -0.2) is 0 Å². The maximum atomic E-state index is 11.8. The highest BCUT2D eigenvalue weighted by Gasteiger charge is 2.34. The lowest BCUT2D eigenvalue weighted by Crippen LogP contribution is -2.58. The Hall–Kier alpha value is -1.11. The van der Waals surface area contributed by atoms with Gasteiger partial charge in [0.1, 0.15) is 6.04 Å². The topological polar surface area (TPSA) is 75.7 Å². The number of rotatable bonds is 6. The number of nitrogens with zero attached hydrogens (tertiary/aromatic N) is 1. The van der Waals surface area contributed by atoms with E-state index in [1.807, 2.05) is 13.8 Å². The van der Waals surface area contributed by atoms with Gasteiger partial charge in [-0.2, -0.15) is 0 Å². The average molecular weight is 349 g/mol. The van der Waals surface area contributed by atoms with Crippen molar-refractivity contribution in [1.82, 2.24) is 10.2 Å². The van der Waals surface area contributed by atoms with E-state index in [2.05, 4.69) is 21.2 Å². The Morgan fingerprint density at radius 1 is 1.50 bits per heavy atom. The average Bonchev–Trinajstić information content (AvgIpc) is 2.39. The van der Waals surface area contributed by atoms with Crippen LogP contribution in [0.1, 0.15) is 26.7 Å². The third-order valence-corrected chi connectivity index (χ3v) is 3.56. The molecule has 1 atom stereocenters. The molecule has 1 heterocycles. The molecule has 1 saturated heterocycles. The summed E-state index contributed by atoms with van der Waals surface area (Å²) in [6.07, 6.45) is 0.690. The molecule has 1 aliphatic rings. The van der Waals surface area contributed by atoms with E-state index >= 15 is 0 Å². The Morgan fingerprint density at radius 2 is 2.20 bits per heavy atom. The number of nitrogens with one attached hydrogen (secondary N) is 1. The van der Waals surface area contributed by atoms with Gasteiger partial charge in [-0.3, -0.25) is 14.4 Å². The lowest BCUT2D eigenvalue weighted by Gasteiger charge is -2.34. The zero-order chi connectivity index (χ0) is 15.1. The minimum atomic E-state index is -0.764. The molecule has 0 spiro atoms. The molecule has 20 heavy (non-hydrogen) atoms. The first-order valence-electron chi connectivity index (χ1n) is 6.74. The Kier molecular flexibility index (Phi) is 6.98. The maximum Gasteiger partial charge on any atom is 0.308 e. The van der Waals surface area contributed by atoms with Crippen LogP contribution in [0.25, 0.3) is 0 Å². The summed E-state index contributed by atoms with van der Waals surface area (Å²) >= 11 is 3.08. The van der Waals surface area contributed by atoms with E-state index in [0.717, 1.165) is 6.42 Å². The normalized spacial score (nSPS) is 18.9. The molecule has 1 N–H and O–H groups in total. The van der Waals surface area contributed by atoms with E-state index in [9.17, 15) is 14.4 Å². The van der Waals surface area contributed by atoms with Crippen molar-refractivity contribution < 1.29 is 19.1 Å². The summed E-state index contributed by atoms with van der Waals surface area (Å²) in [7, 11) is 0. The Bertz CT molecular complexity index is 373. The van der Waals surface area contributed by atoms with Crippen LogP contribution in [-0.2, 0) is 19.1 Å². The maximum absolute atomic E-state index is 11.8. The number of esters is 1. The fourth-order valence-electron chi connectivity index (χ4n) is 1.92. The summed E-state index contributed by atoms with van der Waals surface area (Å²) in [4.78, 5) is 36.7. The Labute approximate surface area is 127 Å². The summed E-state index contributed by atoms with van der Waals surface area (Å²) in [5.41, 5.74) is 0. The van der Waals surface area contributed by atoms with Gasteiger partial charge < -0.3 is 15.0 Å². The quantitative estimate of drug-likeness (QED) is 0.566. The monoisotopic (exact) mass is 348 g/mol. The standard InChI is InChI=1S/C13H21BrN2O4/c1-9(2)3-6-20-12(18)7-10-13(19)15-4-5-16(10)11(17)8-14/h9-10H,3-8H2,1-2H3,(H,15,19)/t10-/m0/s1. The minimum absolute atomic E-state index is 0.0946. The van der Waals surface area contributed by atoms with Gasteiger partial charge in [0.25, 0.3) is 0 Å². The molecule has 1 aliphatic heterocycles. The second-order valence-corrected chi connectivity index (χ2v) is 5.70. The first kappa shape index (κ1) is 16.9. The highest BCUT2D eigenvalue weighted by molar-refractivity contribution is 9.09. The van der Waals surface area contributed by atoms with Gasteiger partial charge in [0.05, 0.1) is 18.4 Å². The molecule has 0 aliphatic carbocycles. The molecular formula is C13H21BrN2O4. The zero-order valence-corrected chi connectivity index (χ0v) is 13.4. The lowest BCUT2D eigenvalue weighted by atomic mass is 10.1. The summed E-state index contributed by atoms with van der Waals surface area (Å²) in [6, 6.07) is -0.764. The third-order valence-electron chi connectivity index (χ3n) is 3.08. The van der Waals surface area contributed by atoms with Crippen LogP contribution < -0.4 is 5.32 Å². The molecule has 1 fully saturated rings. The molecular weight excluding hydrogens is 328 g/mol. The third kappa shape index (κ3) is 5.11. The summed E-state index contributed by atoms with van der Waals surface area (Å²) in [6.45, 7) is 5.26. The first-order chi connectivity index (χ1) is 9.45. The minimum Gasteiger partial charge on any atom is -0.466 e. The molecule has 2 amide bonds. The van der Waals surface area contributed by atoms with E-state index < -0.39 is 12.0 Å². The summed E-state index contributed by atoms with van der Waals surface area (Å²) in [5, 5.41) is 2.80. The van der Waals surface area contributed by atoms with Crippen LogP contribution in [0.3, 0.4) is 0 Å². The number of halogens is 1. The van der Waals surface area contributed by atoms with E-state index in [0.29, 0.717) is 25.6 Å². The largest absolute Gasteiger partial charge is 0.466 e. The first-order valence-corrected chi connectivity index (χ1v) is 7.86. The Morgan fingerprint density at radius 3 is 2.80 bits per heavy atom. The number of carbonyl (C=O) groups excluding carboxylic acids is 3. The van der Waals surface area contributed by atoms with Gasteiger partial charge in [-0.05, 0) is 12.3 Å². The fourth-order valence-corrected chi connectivity index (χ4v) is 2.24. The number of alkyl halides is 1. The van der Waals surface area contributed by atoms with Crippen LogP contribution in [0.4, 0.5) is 0 Å². The molecule has 6 nitrogen and oxygen atoms in total. The van der Waals surface area contributed by atoms with Gasteiger partial charge in [0.15, 0.2) is 0 Å². The van der Waals surface area contributed by atoms with Gasteiger partial charge in [-0.1, -0.05) is 29.8 Å². The van der Waals surface area contributed by atoms with Crippen molar-refractivity contribution in [3.63, 3.8) is 0 Å². The molecule has 7 heteroatoms.